The zero-order valence-electron chi connectivity index (χ0n) is 11.9. The number of carbonyl (C=O) groups excluding carboxylic acids is 1. The van der Waals surface area contributed by atoms with Crippen molar-refractivity contribution >= 4 is 5.78 Å². The molecule has 1 heteroatoms. The van der Waals surface area contributed by atoms with E-state index >= 15 is 0 Å². The van der Waals surface area contributed by atoms with Crippen molar-refractivity contribution in [1.29, 1.82) is 0 Å². The summed E-state index contributed by atoms with van der Waals surface area (Å²) in [5, 5.41) is 0. The van der Waals surface area contributed by atoms with E-state index in [2.05, 4.69) is 25.1 Å². The van der Waals surface area contributed by atoms with Crippen LogP contribution in [-0.2, 0) is 6.42 Å². The van der Waals surface area contributed by atoms with E-state index in [1.807, 2.05) is 38.1 Å². The lowest BCUT2D eigenvalue weighted by Crippen LogP contribution is -2.04. The van der Waals surface area contributed by atoms with Gasteiger partial charge in [0.05, 0.1) is 0 Å². The van der Waals surface area contributed by atoms with Gasteiger partial charge in [-0.25, -0.2) is 0 Å². The lowest BCUT2D eigenvalue weighted by Gasteiger charge is -2.07. The Kier molecular flexibility index (Phi) is 4.16. The van der Waals surface area contributed by atoms with Crippen LogP contribution in [0.2, 0.25) is 0 Å². The van der Waals surface area contributed by atoms with Crippen LogP contribution in [0.3, 0.4) is 0 Å². The van der Waals surface area contributed by atoms with Crippen molar-refractivity contribution < 1.29 is 4.79 Å². The molecule has 0 fully saturated rings. The molecule has 0 atom stereocenters. The van der Waals surface area contributed by atoms with Gasteiger partial charge in [-0.2, -0.15) is 0 Å². The minimum absolute atomic E-state index is 0.112. The number of hydrogen-bond acceptors (Lipinski definition) is 1. The molecule has 98 valence electrons. The van der Waals surface area contributed by atoms with Gasteiger partial charge in [-0.3, -0.25) is 4.79 Å². The van der Waals surface area contributed by atoms with Crippen LogP contribution in [0, 0.1) is 13.8 Å². The Morgan fingerprint density at radius 1 is 1.00 bits per heavy atom. The maximum Gasteiger partial charge on any atom is 0.193 e. The molecule has 0 bridgehead atoms. The van der Waals surface area contributed by atoms with E-state index in [0.717, 1.165) is 29.5 Å². The van der Waals surface area contributed by atoms with Gasteiger partial charge in [0.1, 0.15) is 0 Å². The average Bonchev–Trinajstić information content (AvgIpc) is 2.39. The molecule has 0 saturated heterocycles. The van der Waals surface area contributed by atoms with Gasteiger partial charge in [-0.1, -0.05) is 61.4 Å². The Hall–Kier alpha value is -1.89. The molecule has 0 aliphatic carbocycles. The summed E-state index contributed by atoms with van der Waals surface area (Å²) < 4.78 is 0. The highest BCUT2D eigenvalue weighted by atomic mass is 16.1. The molecule has 0 aliphatic rings. The SMILES string of the molecule is CCCc1ccc(C(=O)c2ccc(C)cc2C)cc1. The van der Waals surface area contributed by atoms with Gasteiger partial charge in [0.2, 0.25) is 0 Å². The smallest absolute Gasteiger partial charge is 0.193 e. The van der Waals surface area contributed by atoms with E-state index in [-0.39, 0.29) is 5.78 Å². The molecule has 0 spiro atoms. The van der Waals surface area contributed by atoms with Gasteiger partial charge < -0.3 is 0 Å². The van der Waals surface area contributed by atoms with Crippen molar-refractivity contribution in [3.8, 4) is 0 Å². The molecule has 0 unspecified atom stereocenters. The molecule has 2 aromatic rings. The zero-order chi connectivity index (χ0) is 13.8. The third-order valence-electron chi connectivity index (χ3n) is 3.38. The molecule has 0 aromatic heterocycles. The van der Waals surface area contributed by atoms with Crippen molar-refractivity contribution in [1.82, 2.24) is 0 Å². The third kappa shape index (κ3) is 3.11. The van der Waals surface area contributed by atoms with Crippen molar-refractivity contribution in [2.75, 3.05) is 0 Å². The summed E-state index contributed by atoms with van der Waals surface area (Å²) in [6.45, 7) is 6.20. The molecule has 0 heterocycles. The highest BCUT2D eigenvalue weighted by Crippen LogP contribution is 2.16. The van der Waals surface area contributed by atoms with Crippen LogP contribution in [0.5, 0.6) is 0 Å². The average molecular weight is 252 g/mol. The summed E-state index contributed by atoms with van der Waals surface area (Å²) in [6.07, 6.45) is 2.20. The van der Waals surface area contributed by atoms with Gasteiger partial charge >= 0.3 is 0 Å². The minimum atomic E-state index is 0.112. The normalized spacial score (nSPS) is 10.5. The first-order valence-corrected chi connectivity index (χ1v) is 6.82. The topological polar surface area (TPSA) is 17.1 Å². The number of ketones is 1. The number of rotatable bonds is 4. The van der Waals surface area contributed by atoms with Crippen molar-refractivity contribution in [2.24, 2.45) is 0 Å². The first-order valence-electron chi connectivity index (χ1n) is 6.82. The molecule has 1 nitrogen and oxygen atoms in total. The summed E-state index contributed by atoms with van der Waals surface area (Å²) in [5.74, 6) is 0.112. The van der Waals surface area contributed by atoms with Crippen molar-refractivity contribution in [3.05, 3.63) is 70.3 Å². The second-order valence-corrected chi connectivity index (χ2v) is 5.09. The van der Waals surface area contributed by atoms with Crippen LogP contribution in [0.1, 0.15) is 46.0 Å². The minimum Gasteiger partial charge on any atom is -0.289 e. The Bertz CT molecular complexity index is 579. The number of carbonyl (C=O) groups is 1. The van der Waals surface area contributed by atoms with Crippen molar-refractivity contribution in [3.63, 3.8) is 0 Å². The van der Waals surface area contributed by atoms with Gasteiger partial charge in [-0.05, 0) is 31.4 Å². The molecule has 0 aliphatic heterocycles. The summed E-state index contributed by atoms with van der Waals surface area (Å²) >= 11 is 0. The van der Waals surface area contributed by atoms with E-state index < -0.39 is 0 Å². The van der Waals surface area contributed by atoms with Crippen LogP contribution in [0.15, 0.2) is 42.5 Å². The Balaban J connectivity index is 2.28. The van der Waals surface area contributed by atoms with Gasteiger partial charge in [0.25, 0.3) is 0 Å². The van der Waals surface area contributed by atoms with Crippen LogP contribution in [-0.4, -0.2) is 5.78 Å². The fourth-order valence-electron chi connectivity index (χ4n) is 2.34. The highest BCUT2D eigenvalue weighted by molar-refractivity contribution is 6.09. The molecule has 2 rings (SSSR count). The quantitative estimate of drug-likeness (QED) is 0.733. The highest BCUT2D eigenvalue weighted by Gasteiger charge is 2.11. The van der Waals surface area contributed by atoms with Crippen molar-refractivity contribution in [2.45, 2.75) is 33.6 Å². The molecule has 0 saturated carbocycles. The number of benzene rings is 2. The van der Waals surface area contributed by atoms with Crippen LogP contribution < -0.4 is 0 Å². The standard InChI is InChI=1S/C18H20O/c1-4-5-15-7-9-16(10-8-15)18(19)17-11-6-13(2)12-14(17)3/h6-12H,4-5H2,1-3H3. The Morgan fingerprint density at radius 3 is 2.26 bits per heavy atom. The fourth-order valence-corrected chi connectivity index (χ4v) is 2.34. The maximum atomic E-state index is 12.4. The largest absolute Gasteiger partial charge is 0.289 e. The molecule has 2 aromatic carbocycles. The molecule has 0 radical (unpaired) electrons. The van der Waals surface area contributed by atoms with E-state index in [9.17, 15) is 4.79 Å². The molecule has 0 amide bonds. The number of hydrogen-bond donors (Lipinski definition) is 0. The third-order valence-corrected chi connectivity index (χ3v) is 3.38. The van der Waals surface area contributed by atoms with Crippen LogP contribution in [0.25, 0.3) is 0 Å². The zero-order valence-corrected chi connectivity index (χ0v) is 11.9. The first-order chi connectivity index (χ1) is 9.11. The van der Waals surface area contributed by atoms with E-state index in [1.54, 1.807) is 0 Å². The fraction of sp³-hybridized carbons (Fsp3) is 0.278. The summed E-state index contributed by atoms with van der Waals surface area (Å²) in [7, 11) is 0. The number of aryl methyl sites for hydroxylation is 3. The Morgan fingerprint density at radius 2 is 1.68 bits per heavy atom. The summed E-state index contributed by atoms with van der Waals surface area (Å²) in [5.41, 5.74) is 5.09. The van der Waals surface area contributed by atoms with Gasteiger partial charge in [-0.15, -0.1) is 0 Å². The second-order valence-electron chi connectivity index (χ2n) is 5.09. The van der Waals surface area contributed by atoms with E-state index in [4.69, 9.17) is 0 Å². The summed E-state index contributed by atoms with van der Waals surface area (Å²) in [6, 6.07) is 14.0. The summed E-state index contributed by atoms with van der Waals surface area (Å²) in [4.78, 5) is 12.4. The molecular formula is C18H20O. The van der Waals surface area contributed by atoms with Crippen LogP contribution >= 0.6 is 0 Å². The predicted octanol–water partition coefficient (Wildman–Crippen LogP) is 4.49. The molecule has 19 heavy (non-hydrogen) atoms. The predicted molar refractivity (Wildman–Crippen MR) is 79.8 cm³/mol. The lowest BCUT2D eigenvalue weighted by atomic mass is 9.96. The van der Waals surface area contributed by atoms with E-state index in [1.165, 1.54) is 11.1 Å². The van der Waals surface area contributed by atoms with Gasteiger partial charge in [0.15, 0.2) is 5.78 Å². The first kappa shape index (κ1) is 13.5. The second kappa shape index (κ2) is 5.83. The maximum absolute atomic E-state index is 12.4. The molecular weight excluding hydrogens is 232 g/mol. The van der Waals surface area contributed by atoms with Crippen LogP contribution in [0.4, 0.5) is 0 Å². The van der Waals surface area contributed by atoms with E-state index in [0.29, 0.717) is 0 Å². The molecule has 0 N–H and O–H groups in total. The monoisotopic (exact) mass is 252 g/mol. The lowest BCUT2D eigenvalue weighted by molar-refractivity contribution is 0.103. The Labute approximate surface area is 115 Å². The van der Waals surface area contributed by atoms with Gasteiger partial charge in [0, 0.05) is 11.1 Å².